The summed E-state index contributed by atoms with van der Waals surface area (Å²) in [5, 5.41) is 8.62. The largest absolute Gasteiger partial charge is 0.433 e. The van der Waals surface area contributed by atoms with Crippen LogP contribution in [0.4, 0.5) is 13.2 Å². The smallest absolute Gasteiger partial charge is 0.387 e. The second kappa shape index (κ2) is 4.66. The van der Waals surface area contributed by atoms with Crippen LogP contribution in [0.5, 0.6) is 5.75 Å². The molecule has 1 aromatic carbocycles. The van der Waals surface area contributed by atoms with Gasteiger partial charge in [0.25, 0.3) is 0 Å². The summed E-state index contributed by atoms with van der Waals surface area (Å²) < 4.78 is 41.0. The van der Waals surface area contributed by atoms with Gasteiger partial charge in [-0.05, 0) is 13.0 Å². The van der Waals surface area contributed by atoms with Crippen molar-refractivity contribution in [2.45, 2.75) is 13.5 Å². The number of carbonyl (C=O) groups excluding carboxylic acids is 1. The molecule has 0 saturated carbocycles. The summed E-state index contributed by atoms with van der Waals surface area (Å²) >= 11 is 0. The highest BCUT2D eigenvalue weighted by Gasteiger charge is 2.16. The predicted octanol–water partition coefficient (Wildman–Crippen LogP) is 2.50. The predicted molar refractivity (Wildman–Crippen MR) is 47.8 cm³/mol. The number of ether oxygens (including phenoxy) is 1. The van der Waals surface area contributed by atoms with E-state index >= 15 is 0 Å². The minimum Gasteiger partial charge on any atom is -0.433 e. The summed E-state index contributed by atoms with van der Waals surface area (Å²) in [4.78, 5) is 10.9. The summed E-state index contributed by atoms with van der Waals surface area (Å²) in [6.07, 6.45) is 0. The third-order valence-electron chi connectivity index (χ3n) is 1.79. The van der Waals surface area contributed by atoms with Crippen LogP contribution in [0.1, 0.15) is 22.8 Å². The Labute approximate surface area is 89.1 Å². The fourth-order valence-corrected chi connectivity index (χ4v) is 1.11. The number of hydrogen-bond acceptors (Lipinski definition) is 3. The molecule has 0 fully saturated rings. The van der Waals surface area contributed by atoms with Gasteiger partial charge in [-0.3, -0.25) is 4.79 Å². The van der Waals surface area contributed by atoms with Gasteiger partial charge in [-0.25, -0.2) is 4.39 Å². The molecule has 0 bridgehead atoms. The number of halogens is 3. The molecule has 6 heteroatoms. The van der Waals surface area contributed by atoms with Gasteiger partial charge in [0.2, 0.25) is 0 Å². The Kier molecular flexibility index (Phi) is 3.51. The van der Waals surface area contributed by atoms with E-state index in [4.69, 9.17) is 5.26 Å². The molecule has 0 spiro atoms. The molecule has 1 aromatic rings. The van der Waals surface area contributed by atoms with E-state index in [0.717, 1.165) is 13.0 Å². The Bertz CT molecular complexity index is 466. The van der Waals surface area contributed by atoms with Crippen molar-refractivity contribution in [1.82, 2.24) is 0 Å². The Morgan fingerprint density at radius 3 is 2.56 bits per heavy atom. The van der Waals surface area contributed by atoms with E-state index < -0.39 is 24.0 Å². The van der Waals surface area contributed by atoms with Crippen LogP contribution in [-0.2, 0) is 0 Å². The minimum atomic E-state index is -3.16. The Morgan fingerprint density at radius 1 is 1.50 bits per heavy atom. The molecule has 0 heterocycles. The third kappa shape index (κ3) is 2.51. The molecule has 0 atom stereocenters. The first-order chi connectivity index (χ1) is 7.45. The van der Waals surface area contributed by atoms with Crippen molar-refractivity contribution in [3.8, 4) is 11.8 Å². The highest BCUT2D eigenvalue weighted by molar-refractivity contribution is 5.95. The summed E-state index contributed by atoms with van der Waals surface area (Å²) in [5.74, 6) is -2.18. The van der Waals surface area contributed by atoms with Gasteiger partial charge >= 0.3 is 6.61 Å². The van der Waals surface area contributed by atoms with Crippen molar-refractivity contribution in [2.75, 3.05) is 0 Å². The van der Waals surface area contributed by atoms with Gasteiger partial charge in [0.1, 0.15) is 17.6 Å². The standard InChI is InChI=1S/C10H6F3NO2/c1-5(15)7-2-6(4-14)9(3-8(7)11)16-10(12)13/h2-3,10H,1H3. The minimum absolute atomic E-state index is 0.313. The fraction of sp³-hybridized carbons (Fsp3) is 0.200. The average Bonchev–Trinajstić information content (AvgIpc) is 2.16. The molecule has 0 aliphatic carbocycles. The lowest BCUT2D eigenvalue weighted by atomic mass is 10.1. The summed E-state index contributed by atoms with van der Waals surface area (Å²) in [6, 6.07) is 3.03. The molecule has 0 saturated heterocycles. The quantitative estimate of drug-likeness (QED) is 0.748. The lowest BCUT2D eigenvalue weighted by molar-refractivity contribution is -0.0501. The molecule has 0 radical (unpaired) electrons. The first-order valence-corrected chi connectivity index (χ1v) is 4.15. The Balaban J connectivity index is 3.28. The van der Waals surface area contributed by atoms with Crippen molar-refractivity contribution >= 4 is 5.78 Å². The van der Waals surface area contributed by atoms with E-state index in [0.29, 0.717) is 6.07 Å². The van der Waals surface area contributed by atoms with Gasteiger partial charge in [0, 0.05) is 6.07 Å². The number of ketones is 1. The van der Waals surface area contributed by atoms with E-state index in [9.17, 15) is 18.0 Å². The Hall–Kier alpha value is -2.03. The number of nitriles is 1. The molecule has 3 nitrogen and oxygen atoms in total. The second-order valence-corrected chi connectivity index (χ2v) is 2.87. The zero-order valence-electron chi connectivity index (χ0n) is 8.13. The molecule has 0 amide bonds. The number of benzene rings is 1. The molecule has 0 N–H and O–H groups in total. The van der Waals surface area contributed by atoms with Gasteiger partial charge in [0.05, 0.1) is 11.1 Å². The Morgan fingerprint density at radius 2 is 2.12 bits per heavy atom. The van der Waals surface area contributed by atoms with Crippen LogP contribution in [0.25, 0.3) is 0 Å². The molecule has 0 unspecified atom stereocenters. The van der Waals surface area contributed by atoms with E-state index in [1.807, 2.05) is 0 Å². The van der Waals surface area contributed by atoms with E-state index in [2.05, 4.69) is 4.74 Å². The van der Waals surface area contributed by atoms with Crippen molar-refractivity contribution < 1.29 is 22.7 Å². The third-order valence-corrected chi connectivity index (χ3v) is 1.79. The van der Waals surface area contributed by atoms with Crippen LogP contribution in [0, 0.1) is 17.1 Å². The topological polar surface area (TPSA) is 50.1 Å². The first-order valence-electron chi connectivity index (χ1n) is 4.15. The van der Waals surface area contributed by atoms with Crippen molar-refractivity contribution in [3.63, 3.8) is 0 Å². The van der Waals surface area contributed by atoms with Crippen molar-refractivity contribution in [2.24, 2.45) is 0 Å². The highest BCUT2D eigenvalue weighted by Crippen LogP contribution is 2.24. The number of rotatable bonds is 3. The van der Waals surface area contributed by atoms with Gasteiger partial charge in [-0.2, -0.15) is 14.0 Å². The van der Waals surface area contributed by atoms with E-state index in [1.54, 1.807) is 6.07 Å². The first kappa shape index (κ1) is 12.0. The molecule has 84 valence electrons. The van der Waals surface area contributed by atoms with Gasteiger partial charge < -0.3 is 4.74 Å². The van der Waals surface area contributed by atoms with Gasteiger partial charge in [-0.15, -0.1) is 0 Å². The van der Waals surface area contributed by atoms with Crippen LogP contribution < -0.4 is 4.74 Å². The zero-order valence-corrected chi connectivity index (χ0v) is 8.13. The normalized spacial score (nSPS) is 10.0. The van der Waals surface area contributed by atoms with Gasteiger partial charge in [0.15, 0.2) is 5.78 Å². The monoisotopic (exact) mass is 229 g/mol. The molecule has 16 heavy (non-hydrogen) atoms. The number of hydrogen-bond donors (Lipinski definition) is 0. The summed E-state index contributed by atoms with van der Waals surface area (Å²) in [6.45, 7) is -2.05. The maximum atomic E-state index is 13.2. The molecule has 0 aliphatic rings. The van der Waals surface area contributed by atoms with Gasteiger partial charge in [-0.1, -0.05) is 0 Å². The SMILES string of the molecule is CC(=O)c1cc(C#N)c(OC(F)F)cc1F. The van der Waals surface area contributed by atoms with Crippen molar-refractivity contribution in [1.29, 1.82) is 5.26 Å². The van der Waals surface area contributed by atoms with Crippen LogP contribution in [-0.4, -0.2) is 12.4 Å². The van der Waals surface area contributed by atoms with E-state index in [-0.39, 0.29) is 11.1 Å². The lowest BCUT2D eigenvalue weighted by Gasteiger charge is -2.08. The molecule has 1 rings (SSSR count). The van der Waals surface area contributed by atoms with Crippen LogP contribution in [0.3, 0.4) is 0 Å². The van der Waals surface area contributed by atoms with Crippen LogP contribution >= 0.6 is 0 Å². The number of Topliss-reactive ketones (excluding diaryl/α,β-unsaturated/α-hetero) is 1. The summed E-state index contributed by atoms with van der Waals surface area (Å²) in [7, 11) is 0. The maximum Gasteiger partial charge on any atom is 0.387 e. The average molecular weight is 229 g/mol. The molecular formula is C10H6F3NO2. The van der Waals surface area contributed by atoms with Crippen LogP contribution in [0.2, 0.25) is 0 Å². The lowest BCUT2D eigenvalue weighted by Crippen LogP contribution is -2.06. The highest BCUT2D eigenvalue weighted by atomic mass is 19.3. The molecular weight excluding hydrogens is 223 g/mol. The number of nitrogens with zero attached hydrogens (tertiary/aromatic N) is 1. The molecule has 0 aromatic heterocycles. The second-order valence-electron chi connectivity index (χ2n) is 2.87. The zero-order chi connectivity index (χ0) is 12.3. The summed E-state index contributed by atoms with van der Waals surface area (Å²) in [5.41, 5.74) is -0.648. The van der Waals surface area contributed by atoms with Crippen molar-refractivity contribution in [3.05, 3.63) is 29.1 Å². The van der Waals surface area contributed by atoms with Crippen LogP contribution in [0.15, 0.2) is 12.1 Å². The number of carbonyl (C=O) groups is 1. The fourth-order valence-electron chi connectivity index (χ4n) is 1.11. The molecule has 0 aliphatic heterocycles. The van der Waals surface area contributed by atoms with E-state index in [1.165, 1.54) is 0 Å². The maximum absolute atomic E-state index is 13.2. The number of alkyl halides is 2.